The number of benzene rings is 1. The summed E-state index contributed by atoms with van der Waals surface area (Å²) in [6.07, 6.45) is 0. The zero-order chi connectivity index (χ0) is 22.1. The minimum absolute atomic E-state index is 0.0223. The van der Waals surface area contributed by atoms with Crippen LogP contribution < -0.4 is 21.5 Å². The first-order valence-electron chi connectivity index (χ1n) is 8.92. The lowest BCUT2D eigenvalue weighted by molar-refractivity contribution is -0.0443. The molecular formula is C18H24ClN3O6S. The molecule has 3 N–H and O–H groups in total. The number of sulfonamides is 1. The van der Waals surface area contributed by atoms with Crippen molar-refractivity contribution in [3.8, 4) is 5.75 Å². The Bertz CT molecular complexity index is 1070. The molecule has 0 heterocycles. The number of phenols is 1. The van der Waals surface area contributed by atoms with Gasteiger partial charge < -0.3 is 15.7 Å². The number of phenolic OH excluding ortho intramolecular Hbond substituents is 1. The van der Waals surface area contributed by atoms with E-state index in [0.29, 0.717) is 4.47 Å². The predicted octanol–water partition coefficient (Wildman–Crippen LogP) is 2.41. The maximum atomic E-state index is 12.7. The van der Waals surface area contributed by atoms with Gasteiger partial charge in [0.2, 0.25) is 0 Å². The largest absolute Gasteiger partial charge is 0.504 e. The summed E-state index contributed by atoms with van der Waals surface area (Å²) in [5.74, 6) is -0.495. The summed E-state index contributed by atoms with van der Waals surface area (Å²) in [5, 5.41) is 16.0. The quantitative estimate of drug-likeness (QED) is 0.305. The highest BCUT2D eigenvalue weighted by atomic mass is 35.5. The third kappa shape index (κ3) is 4.25. The highest BCUT2D eigenvalue weighted by molar-refractivity contribution is 7.89. The molecule has 0 aliphatic carbocycles. The predicted molar refractivity (Wildman–Crippen MR) is 112 cm³/mol. The van der Waals surface area contributed by atoms with Crippen LogP contribution in [0.5, 0.6) is 5.75 Å². The Labute approximate surface area is 173 Å². The normalized spacial score (nSPS) is 13.2. The maximum Gasteiger partial charge on any atom is 0.270 e. The van der Waals surface area contributed by atoms with E-state index in [1.807, 2.05) is 20.8 Å². The number of nitrogens with zero attached hydrogens (tertiary/aromatic N) is 1. The van der Waals surface area contributed by atoms with Gasteiger partial charge >= 0.3 is 0 Å². The molecule has 0 saturated heterocycles. The number of nitrogens with one attached hydrogen (secondary N) is 2. The van der Waals surface area contributed by atoms with Crippen LogP contribution in [0.3, 0.4) is 0 Å². The van der Waals surface area contributed by atoms with Gasteiger partial charge in [0.1, 0.15) is 16.3 Å². The summed E-state index contributed by atoms with van der Waals surface area (Å²) < 4.78 is 26.1. The molecule has 29 heavy (non-hydrogen) atoms. The number of hydrogen-bond acceptors (Lipinski definition) is 8. The van der Waals surface area contributed by atoms with Crippen molar-refractivity contribution in [2.75, 3.05) is 24.3 Å². The van der Waals surface area contributed by atoms with Gasteiger partial charge in [-0.3, -0.25) is 14.4 Å². The lowest BCUT2D eigenvalue weighted by Gasteiger charge is -2.23. The van der Waals surface area contributed by atoms with Gasteiger partial charge in [0.15, 0.2) is 5.75 Å². The van der Waals surface area contributed by atoms with Gasteiger partial charge in [0.05, 0.1) is 17.8 Å². The number of halogens is 1. The Morgan fingerprint density at radius 2 is 1.76 bits per heavy atom. The van der Waals surface area contributed by atoms with Crippen LogP contribution in [0.4, 0.5) is 17.1 Å². The lowest BCUT2D eigenvalue weighted by Crippen LogP contribution is -2.39. The van der Waals surface area contributed by atoms with E-state index in [2.05, 4.69) is 10.6 Å². The fraction of sp³-hybridized carbons (Fsp3) is 0.444. The molecule has 0 aliphatic heterocycles. The standard InChI is InChI=1S/C18H24ClN3O6S/c1-6-22(28-5)29(26,27)18-11(19)7-8-12(15(18)23)21-14-13(16(24)17(14)25)20-10(4)9(2)3/h7-10,20-21,23H,6H2,1-5H3/t10-/m1/s1. The first-order chi connectivity index (χ1) is 13.5. The fourth-order valence-corrected chi connectivity index (χ4v) is 4.42. The van der Waals surface area contributed by atoms with Gasteiger partial charge in [-0.25, -0.2) is 8.42 Å². The number of aromatic hydroxyl groups is 1. The van der Waals surface area contributed by atoms with Gasteiger partial charge in [0, 0.05) is 12.6 Å². The molecule has 9 nitrogen and oxygen atoms in total. The number of rotatable bonds is 9. The summed E-state index contributed by atoms with van der Waals surface area (Å²) in [4.78, 5) is 28.2. The third-order valence-corrected chi connectivity index (χ3v) is 6.91. The van der Waals surface area contributed by atoms with E-state index in [0.717, 1.165) is 0 Å². The Balaban J connectivity index is 2.49. The van der Waals surface area contributed by atoms with Gasteiger partial charge in [-0.05, 0) is 31.9 Å². The van der Waals surface area contributed by atoms with Crippen LogP contribution in [0, 0.1) is 5.92 Å². The van der Waals surface area contributed by atoms with Crippen LogP contribution in [0.1, 0.15) is 27.7 Å². The topological polar surface area (TPSA) is 125 Å². The van der Waals surface area contributed by atoms with E-state index in [1.54, 1.807) is 6.92 Å². The number of hydroxylamine groups is 1. The third-order valence-electron chi connectivity index (χ3n) is 4.61. The molecule has 2 aromatic rings. The SMILES string of the molecule is CCN(OC)S(=O)(=O)c1c(Cl)ccc(Nc2c(N[C@H](C)C(C)C)c(=O)c2=O)c1O. The molecule has 11 heteroatoms. The van der Waals surface area contributed by atoms with Gasteiger partial charge in [0.25, 0.3) is 20.9 Å². The van der Waals surface area contributed by atoms with Crippen LogP contribution in [-0.4, -0.2) is 37.7 Å². The molecule has 0 bridgehead atoms. The first-order valence-corrected chi connectivity index (χ1v) is 10.7. The number of hydrogen-bond donors (Lipinski definition) is 3. The summed E-state index contributed by atoms with van der Waals surface area (Å²) in [6.45, 7) is 7.29. The van der Waals surface area contributed by atoms with E-state index in [4.69, 9.17) is 16.4 Å². The van der Waals surface area contributed by atoms with Crippen LogP contribution in [-0.2, 0) is 14.9 Å². The molecule has 0 unspecified atom stereocenters. The molecular weight excluding hydrogens is 422 g/mol. The molecule has 160 valence electrons. The van der Waals surface area contributed by atoms with Crippen molar-refractivity contribution >= 4 is 38.7 Å². The summed E-state index contributed by atoms with van der Waals surface area (Å²) in [5.41, 5.74) is -1.51. The Morgan fingerprint density at radius 1 is 1.17 bits per heavy atom. The zero-order valence-corrected chi connectivity index (χ0v) is 18.3. The first kappa shape index (κ1) is 23.1. The van der Waals surface area contributed by atoms with Gasteiger partial charge in [-0.15, -0.1) is 0 Å². The van der Waals surface area contributed by atoms with E-state index in [9.17, 15) is 23.1 Å². The molecule has 2 aromatic carbocycles. The Morgan fingerprint density at radius 3 is 2.28 bits per heavy atom. The van der Waals surface area contributed by atoms with Crippen LogP contribution in [0.15, 0.2) is 26.6 Å². The molecule has 0 aromatic heterocycles. The summed E-state index contributed by atoms with van der Waals surface area (Å²) in [6, 6.07) is 2.48. The fourth-order valence-electron chi connectivity index (χ4n) is 2.57. The number of anilines is 3. The van der Waals surface area contributed by atoms with Crippen molar-refractivity contribution < 1.29 is 18.4 Å². The highest BCUT2D eigenvalue weighted by Crippen LogP contribution is 2.40. The van der Waals surface area contributed by atoms with Crippen molar-refractivity contribution in [3.63, 3.8) is 0 Å². The second-order valence-corrected chi connectivity index (χ2v) is 8.96. The molecule has 0 fully saturated rings. The minimum atomic E-state index is -4.27. The van der Waals surface area contributed by atoms with Gasteiger partial charge in [-0.2, -0.15) is 0 Å². The van der Waals surface area contributed by atoms with Crippen molar-refractivity contribution in [1.82, 2.24) is 4.47 Å². The second kappa shape index (κ2) is 8.70. The maximum absolute atomic E-state index is 12.7. The summed E-state index contributed by atoms with van der Waals surface area (Å²) >= 11 is 6.02. The van der Waals surface area contributed by atoms with E-state index in [1.165, 1.54) is 19.2 Å². The van der Waals surface area contributed by atoms with Gasteiger partial charge in [-0.1, -0.05) is 29.9 Å². The molecule has 0 saturated carbocycles. The highest BCUT2D eigenvalue weighted by Gasteiger charge is 2.32. The average molecular weight is 446 g/mol. The average Bonchev–Trinajstić information content (AvgIpc) is 2.65. The minimum Gasteiger partial charge on any atom is -0.504 e. The second-order valence-electron chi connectivity index (χ2n) is 6.79. The van der Waals surface area contributed by atoms with Crippen molar-refractivity contribution in [2.45, 2.75) is 38.6 Å². The van der Waals surface area contributed by atoms with Crippen molar-refractivity contribution in [2.24, 2.45) is 5.92 Å². The molecule has 0 spiro atoms. The van der Waals surface area contributed by atoms with E-state index < -0.39 is 31.5 Å². The van der Waals surface area contributed by atoms with Crippen LogP contribution in [0.2, 0.25) is 5.02 Å². The smallest absolute Gasteiger partial charge is 0.270 e. The Kier molecular flexibility index (Phi) is 6.94. The zero-order valence-electron chi connectivity index (χ0n) is 16.7. The molecule has 0 amide bonds. The van der Waals surface area contributed by atoms with E-state index in [-0.39, 0.29) is 40.6 Å². The Hall–Kier alpha value is -2.14. The molecule has 0 radical (unpaired) electrons. The van der Waals surface area contributed by atoms with Crippen molar-refractivity contribution in [3.05, 3.63) is 37.6 Å². The van der Waals surface area contributed by atoms with Crippen LogP contribution >= 0.6 is 11.6 Å². The summed E-state index contributed by atoms with van der Waals surface area (Å²) in [7, 11) is -3.10. The molecule has 1 atom stereocenters. The molecule has 0 aliphatic rings. The molecule has 2 rings (SSSR count). The van der Waals surface area contributed by atoms with Crippen LogP contribution in [0.25, 0.3) is 0 Å². The van der Waals surface area contributed by atoms with Crippen molar-refractivity contribution in [1.29, 1.82) is 0 Å². The lowest BCUT2D eigenvalue weighted by atomic mass is 10.0. The van der Waals surface area contributed by atoms with E-state index >= 15 is 0 Å². The monoisotopic (exact) mass is 445 g/mol.